The zero-order chi connectivity index (χ0) is 10.6. The van der Waals surface area contributed by atoms with E-state index in [2.05, 4.69) is 18.4 Å². The van der Waals surface area contributed by atoms with E-state index in [1.165, 1.54) is 10.4 Å². The monoisotopic (exact) mass is 215 g/mol. The molecule has 0 saturated carbocycles. The molecule has 0 unspecified atom stereocenters. The molecule has 0 amide bonds. The molecule has 1 aromatic heterocycles. The number of aryl methyl sites for hydroxylation is 1. The Morgan fingerprint density at radius 2 is 2.07 bits per heavy atom. The molecule has 0 atom stereocenters. The van der Waals surface area contributed by atoms with Crippen LogP contribution in [0.15, 0.2) is 11.4 Å². The molecule has 1 aromatic rings. The maximum atomic E-state index is 9.00. The highest BCUT2D eigenvalue weighted by Crippen LogP contribution is 2.17. The van der Waals surface area contributed by atoms with Crippen LogP contribution >= 0.6 is 11.3 Å². The molecule has 0 radical (unpaired) electrons. The summed E-state index contributed by atoms with van der Waals surface area (Å²) in [7, 11) is 1.91. The van der Waals surface area contributed by atoms with Gasteiger partial charge in [0.25, 0.3) is 0 Å². The zero-order valence-electron chi connectivity index (χ0n) is 8.60. The van der Waals surface area contributed by atoms with E-state index in [0.717, 1.165) is 6.54 Å². The predicted molar refractivity (Wildman–Crippen MR) is 58.5 cm³/mol. The first-order valence-electron chi connectivity index (χ1n) is 4.64. The van der Waals surface area contributed by atoms with E-state index in [0.29, 0.717) is 0 Å². The van der Waals surface area contributed by atoms with Crippen LogP contribution in [-0.4, -0.2) is 41.4 Å². The quantitative estimate of drug-likeness (QED) is 0.765. The van der Waals surface area contributed by atoms with E-state index in [4.69, 9.17) is 10.2 Å². The molecule has 0 fully saturated rings. The highest BCUT2D eigenvalue weighted by atomic mass is 32.1. The van der Waals surface area contributed by atoms with E-state index in [-0.39, 0.29) is 19.3 Å². The van der Waals surface area contributed by atoms with Crippen LogP contribution in [0.3, 0.4) is 0 Å². The fourth-order valence-electron chi connectivity index (χ4n) is 1.26. The van der Waals surface area contributed by atoms with E-state index in [1.807, 2.05) is 11.9 Å². The molecule has 0 saturated heterocycles. The third kappa shape index (κ3) is 2.78. The van der Waals surface area contributed by atoms with Crippen molar-refractivity contribution in [3.05, 3.63) is 21.9 Å². The van der Waals surface area contributed by atoms with Crippen LogP contribution < -0.4 is 0 Å². The molecule has 0 aliphatic carbocycles. The number of rotatable bonds is 5. The first-order valence-corrected chi connectivity index (χ1v) is 5.52. The molecule has 0 aromatic carbocycles. The maximum absolute atomic E-state index is 9.00. The van der Waals surface area contributed by atoms with Crippen LogP contribution in [0, 0.1) is 6.92 Å². The second-order valence-corrected chi connectivity index (χ2v) is 4.46. The predicted octanol–water partition coefficient (Wildman–Crippen LogP) is 0.842. The van der Waals surface area contributed by atoms with Crippen molar-refractivity contribution in [2.45, 2.75) is 19.5 Å². The summed E-state index contributed by atoms with van der Waals surface area (Å²) in [6.07, 6.45) is 0. The second-order valence-electron chi connectivity index (χ2n) is 3.46. The van der Waals surface area contributed by atoms with Crippen molar-refractivity contribution in [3.8, 4) is 0 Å². The third-order valence-corrected chi connectivity index (χ3v) is 3.41. The normalized spacial score (nSPS) is 11.6. The van der Waals surface area contributed by atoms with Crippen molar-refractivity contribution in [3.63, 3.8) is 0 Å². The Bertz CT molecular complexity index is 271. The number of hydrogen-bond acceptors (Lipinski definition) is 4. The zero-order valence-corrected chi connectivity index (χ0v) is 9.42. The van der Waals surface area contributed by atoms with Crippen LogP contribution in [0.5, 0.6) is 0 Å². The highest BCUT2D eigenvalue weighted by Gasteiger charge is 2.13. The summed E-state index contributed by atoms with van der Waals surface area (Å²) in [5.41, 5.74) is 1.27. The van der Waals surface area contributed by atoms with Crippen LogP contribution in [0.1, 0.15) is 10.4 Å². The Morgan fingerprint density at radius 1 is 1.43 bits per heavy atom. The van der Waals surface area contributed by atoms with Crippen LogP contribution in [0.4, 0.5) is 0 Å². The largest absolute Gasteiger partial charge is 0.395 e. The van der Waals surface area contributed by atoms with Gasteiger partial charge in [0, 0.05) is 11.4 Å². The van der Waals surface area contributed by atoms with Gasteiger partial charge < -0.3 is 10.2 Å². The first-order chi connectivity index (χ1) is 6.69. The molecule has 14 heavy (non-hydrogen) atoms. The molecule has 1 heterocycles. The van der Waals surface area contributed by atoms with Gasteiger partial charge in [-0.1, -0.05) is 0 Å². The van der Waals surface area contributed by atoms with Crippen molar-refractivity contribution in [2.24, 2.45) is 0 Å². The summed E-state index contributed by atoms with van der Waals surface area (Å²) in [5.74, 6) is 0. The van der Waals surface area contributed by atoms with E-state index < -0.39 is 0 Å². The molecule has 0 aliphatic heterocycles. The first kappa shape index (κ1) is 11.7. The van der Waals surface area contributed by atoms with Gasteiger partial charge >= 0.3 is 0 Å². The lowest BCUT2D eigenvalue weighted by Crippen LogP contribution is -2.37. The number of hydrogen-bond donors (Lipinski definition) is 2. The summed E-state index contributed by atoms with van der Waals surface area (Å²) in [6, 6.07) is 1.93. The minimum absolute atomic E-state index is 0.00256. The molecule has 3 nitrogen and oxygen atoms in total. The van der Waals surface area contributed by atoms with E-state index in [1.54, 1.807) is 11.3 Å². The topological polar surface area (TPSA) is 43.7 Å². The van der Waals surface area contributed by atoms with Crippen molar-refractivity contribution in [2.75, 3.05) is 20.3 Å². The van der Waals surface area contributed by atoms with Gasteiger partial charge in [0.1, 0.15) is 0 Å². The molecule has 0 aliphatic rings. The fraction of sp³-hybridized carbons (Fsp3) is 0.600. The minimum atomic E-state index is -0.156. The molecular formula is C10H17NO2S. The lowest BCUT2D eigenvalue weighted by Gasteiger charge is -2.24. The Labute approximate surface area is 88.6 Å². The van der Waals surface area contributed by atoms with Crippen LogP contribution in [-0.2, 0) is 6.54 Å². The van der Waals surface area contributed by atoms with Gasteiger partial charge in [0.2, 0.25) is 0 Å². The van der Waals surface area contributed by atoms with Crippen molar-refractivity contribution >= 4 is 11.3 Å². The smallest absolute Gasteiger partial charge is 0.0609 e. The highest BCUT2D eigenvalue weighted by molar-refractivity contribution is 7.10. The minimum Gasteiger partial charge on any atom is -0.395 e. The Kier molecular flexibility index (Phi) is 4.54. The number of thiophene rings is 1. The maximum Gasteiger partial charge on any atom is 0.0609 e. The van der Waals surface area contributed by atoms with Gasteiger partial charge in [0.15, 0.2) is 0 Å². The van der Waals surface area contributed by atoms with Gasteiger partial charge in [-0.15, -0.1) is 11.3 Å². The summed E-state index contributed by atoms with van der Waals surface area (Å²) in [6.45, 7) is 2.86. The number of aliphatic hydroxyl groups is 2. The SMILES string of the molecule is Cc1ccsc1CN(C)C(CO)CO. The van der Waals surface area contributed by atoms with E-state index >= 15 is 0 Å². The van der Waals surface area contributed by atoms with Crippen molar-refractivity contribution < 1.29 is 10.2 Å². The van der Waals surface area contributed by atoms with Gasteiger partial charge in [-0.05, 0) is 31.0 Å². The molecule has 0 bridgehead atoms. The lowest BCUT2D eigenvalue weighted by molar-refractivity contribution is 0.0879. The van der Waals surface area contributed by atoms with Crippen molar-refractivity contribution in [1.29, 1.82) is 0 Å². The van der Waals surface area contributed by atoms with Crippen LogP contribution in [0.2, 0.25) is 0 Å². The number of likely N-dealkylation sites (N-methyl/N-ethyl adjacent to an activating group) is 1. The Hall–Kier alpha value is -0.420. The summed E-state index contributed by atoms with van der Waals surface area (Å²) in [5, 5.41) is 20.1. The summed E-state index contributed by atoms with van der Waals surface area (Å²) in [4.78, 5) is 3.26. The molecule has 2 N–H and O–H groups in total. The van der Waals surface area contributed by atoms with Crippen LogP contribution in [0.25, 0.3) is 0 Å². The van der Waals surface area contributed by atoms with E-state index in [9.17, 15) is 0 Å². The Balaban J connectivity index is 2.56. The lowest BCUT2D eigenvalue weighted by atomic mass is 10.2. The van der Waals surface area contributed by atoms with Gasteiger partial charge in [-0.2, -0.15) is 0 Å². The van der Waals surface area contributed by atoms with Gasteiger partial charge in [-0.3, -0.25) is 4.90 Å². The average Bonchev–Trinajstić information content (AvgIpc) is 2.54. The molecule has 80 valence electrons. The molecule has 4 heteroatoms. The fourth-order valence-corrected chi connectivity index (χ4v) is 2.23. The summed E-state index contributed by atoms with van der Waals surface area (Å²) < 4.78 is 0. The standard InChI is InChI=1S/C10H17NO2S/c1-8-3-4-14-10(8)5-11(2)9(6-12)7-13/h3-4,9,12-13H,5-7H2,1-2H3. The van der Waals surface area contributed by atoms with Crippen molar-refractivity contribution in [1.82, 2.24) is 4.90 Å². The third-order valence-electron chi connectivity index (χ3n) is 2.41. The number of aliphatic hydroxyl groups excluding tert-OH is 2. The molecule has 0 spiro atoms. The Morgan fingerprint density at radius 3 is 2.50 bits per heavy atom. The van der Waals surface area contributed by atoms with Gasteiger partial charge in [-0.25, -0.2) is 0 Å². The second kappa shape index (κ2) is 5.46. The summed E-state index contributed by atoms with van der Waals surface area (Å²) >= 11 is 1.71. The molecule has 1 rings (SSSR count). The average molecular weight is 215 g/mol. The van der Waals surface area contributed by atoms with Gasteiger partial charge in [0.05, 0.1) is 19.3 Å². The molecular weight excluding hydrogens is 198 g/mol. The number of nitrogens with zero attached hydrogens (tertiary/aromatic N) is 1.